The van der Waals surface area contributed by atoms with Crippen molar-refractivity contribution in [1.29, 1.82) is 0 Å². The van der Waals surface area contributed by atoms with Crippen LogP contribution in [0.5, 0.6) is 0 Å². The van der Waals surface area contributed by atoms with Gasteiger partial charge in [-0.05, 0) is 49.8 Å². The van der Waals surface area contributed by atoms with E-state index in [1.165, 1.54) is 12.1 Å². The van der Waals surface area contributed by atoms with Crippen molar-refractivity contribution in [1.82, 2.24) is 20.0 Å². The molecule has 0 atom stereocenters. The molecule has 0 radical (unpaired) electrons. The molecule has 0 saturated carbocycles. The van der Waals surface area contributed by atoms with E-state index < -0.39 is 0 Å². The number of benzene rings is 1. The molecule has 7 heteroatoms. The molecular weight excluding hydrogens is 345 g/mol. The van der Waals surface area contributed by atoms with E-state index in [4.69, 9.17) is 0 Å². The molecular formula is C20H22FN5O. The van der Waals surface area contributed by atoms with Gasteiger partial charge in [0.15, 0.2) is 5.82 Å². The van der Waals surface area contributed by atoms with Crippen LogP contribution < -0.4 is 5.32 Å². The van der Waals surface area contributed by atoms with E-state index in [0.29, 0.717) is 11.5 Å². The number of aromatic amines is 1. The summed E-state index contributed by atoms with van der Waals surface area (Å²) in [5, 5.41) is 14.7. The van der Waals surface area contributed by atoms with Gasteiger partial charge in [-0.25, -0.2) is 4.39 Å². The average molecular weight is 367 g/mol. The first-order chi connectivity index (χ1) is 13.1. The Balaban J connectivity index is 1.69. The molecule has 0 fully saturated rings. The predicted molar refractivity (Wildman–Crippen MR) is 101 cm³/mol. The minimum Gasteiger partial charge on any atom is -0.303 e. The van der Waals surface area contributed by atoms with Crippen LogP contribution in [-0.2, 0) is 26.3 Å². The third kappa shape index (κ3) is 3.13. The van der Waals surface area contributed by atoms with Gasteiger partial charge in [0.2, 0.25) is 0 Å². The number of carbonyl (C=O) groups excluding carboxylic acids is 1. The van der Waals surface area contributed by atoms with Crippen LogP contribution in [0.25, 0.3) is 11.1 Å². The second kappa shape index (κ2) is 6.98. The van der Waals surface area contributed by atoms with Crippen LogP contribution in [0.3, 0.4) is 0 Å². The van der Waals surface area contributed by atoms with Gasteiger partial charge in [0.1, 0.15) is 11.5 Å². The van der Waals surface area contributed by atoms with Crippen molar-refractivity contribution in [2.24, 2.45) is 7.05 Å². The van der Waals surface area contributed by atoms with E-state index in [2.05, 4.69) is 20.6 Å². The van der Waals surface area contributed by atoms with Crippen molar-refractivity contribution < 1.29 is 9.18 Å². The summed E-state index contributed by atoms with van der Waals surface area (Å²) in [5.41, 5.74) is 5.14. The van der Waals surface area contributed by atoms with Crippen molar-refractivity contribution in [3.63, 3.8) is 0 Å². The molecule has 6 nitrogen and oxygen atoms in total. The van der Waals surface area contributed by atoms with Gasteiger partial charge in [-0.1, -0.05) is 19.1 Å². The lowest BCUT2D eigenvalue weighted by molar-refractivity contribution is 0.101. The zero-order valence-corrected chi connectivity index (χ0v) is 15.5. The van der Waals surface area contributed by atoms with Crippen LogP contribution in [0.15, 0.2) is 24.3 Å². The van der Waals surface area contributed by atoms with Gasteiger partial charge in [0.25, 0.3) is 5.91 Å². The standard InChI is InChI=1S/C20H22FN5O/c1-3-15-17(12-8-10-13(21)11-9-12)19(24-23-15)22-20(27)18-14-6-4-5-7-16(14)25-26(18)2/h8-11H,3-7H2,1-2H3,(H2,22,23,24,27). The van der Waals surface area contributed by atoms with Crippen molar-refractivity contribution in [3.05, 3.63) is 52.7 Å². The number of aromatic nitrogens is 4. The Bertz CT molecular complexity index is 987. The Morgan fingerprint density at radius 2 is 2.00 bits per heavy atom. The molecule has 0 unspecified atom stereocenters. The van der Waals surface area contributed by atoms with Crippen LogP contribution in [-0.4, -0.2) is 25.9 Å². The molecule has 0 aliphatic heterocycles. The molecule has 27 heavy (non-hydrogen) atoms. The number of halogens is 1. The van der Waals surface area contributed by atoms with Crippen LogP contribution in [0.1, 0.15) is 47.2 Å². The quantitative estimate of drug-likeness (QED) is 0.739. The highest BCUT2D eigenvalue weighted by Crippen LogP contribution is 2.31. The van der Waals surface area contributed by atoms with Crippen LogP contribution in [0.4, 0.5) is 10.2 Å². The van der Waals surface area contributed by atoms with Crippen molar-refractivity contribution in [2.45, 2.75) is 39.0 Å². The lowest BCUT2D eigenvalue weighted by Gasteiger charge is -2.11. The summed E-state index contributed by atoms with van der Waals surface area (Å²) in [7, 11) is 1.80. The van der Waals surface area contributed by atoms with E-state index in [1.807, 2.05) is 6.92 Å². The molecule has 3 aromatic rings. The maximum atomic E-state index is 13.3. The molecule has 2 aromatic heterocycles. The molecule has 0 bridgehead atoms. The average Bonchev–Trinajstić information content (AvgIpc) is 3.22. The largest absolute Gasteiger partial charge is 0.303 e. The van der Waals surface area contributed by atoms with Gasteiger partial charge < -0.3 is 5.32 Å². The second-order valence-electron chi connectivity index (χ2n) is 6.84. The fourth-order valence-electron chi connectivity index (χ4n) is 3.78. The van der Waals surface area contributed by atoms with Crippen LogP contribution in [0.2, 0.25) is 0 Å². The van der Waals surface area contributed by atoms with Gasteiger partial charge in [0.05, 0.1) is 5.69 Å². The van der Waals surface area contributed by atoms with Crippen LogP contribution >= 0.6 is 0 Å². The fourth-order valence-corrected chi connectivity index (χ4v) is 3.78. The number of carbonyl (C=O) groups is 1. The predicted octanol–water partition coefficient (Wildman–Crippen LogP) is 3.64. The number of H-pyrrole nitrogens is 1. The summed E-state index contributed by atoms with van der Waals surface area (Å²) in [6.45, 7) is 2.00. The zero-order valence-electron chi connectivity index (χ0n) is 15.5. The number of fused-ring (bicyclic) bond motifs is 1. The number of nitrogens with one attached hydrogen (secondary N) is 2. The molecule has 1 aliphatic rings. The second-order valence-corrected chi connectivity index (χ2v) is 6.84. The van der Waals surface area contributed by atoms with E-state index in [0.717, 1.165) is 60.2 Å². The molecule has 1 aliphatic carbocycles. The van der Waals surface area contributed by atoms with E-state index in [1.54, 1.807) is 23.9 Å². The highest BCUT2D eigenvalue weighted by molar-refractivity contribution is 6.05. The Morgan fingerprint density at radius 3 is 2.74 bits per heavy atom. The summed E-state index contributed by atoms with van der Waals surface area (Å²) in [4.78, 5) is 13.0. The number of aryl methyl sites for hydroxylation is 3. The summed E-state index contributed by atoms with van der Waals surface area (Å²) >= 11 is 0. The molecule has 4 rings (SSSR count). The summed E-state index contributed by atoms with van der Waals surface area (Å²) < 4.78 is 15.0. The number of nitrogens with zero attached hydrogens (tertiary/aromatic N) is 3. The smallest absolute Gasteiger partial charge is 0.275 e. The summed E-state index contributed by atoms with van der Waals surface area (Å²) in [5.74, 6) is -0.0627. The molecule has 1 aromatic carbocycles. The first-order valence-electron chi connectivity index (χ1n) is 9.27. The molecule has 1 amide bonds. The van der Waals surface area contributed by atoms with Crippen molar-refractivity contribution in [3.8, 4) is 11.1 Å². The Hall–Kier alpha value is -2.96. The SMILES string of the molecule is CCc1[nH]nc(NC(=O)c2c3c(nn2C)CCCC3)c1-c1ccc(F)cc1. The topological polar surface area (TPSA) is 75.6 Å². The number of hydrogen-bond donors (Lipinski definition) is 2. The lowest BCUT2D eigenvalue weighted by Crippen LogP contribution is -2.19. The first kappa shape index (κ1) is 17.5. The van der Waals surface area contributed by atoms with Crippen molar-refractivity contribution in [2.75, 3.05) is 5.32 Å². The minimum absolute atomic E-state index is 0.217. The van der Waals surface area contributed by atoms with Gasteiger partial charge >= 0.3 is 0 Å². The Kier molecular flexibility index (Phi) is 4.51. The van der Waals surface area contributed by atoms with E-state index in [-0.39, 0.29) is 11.7 Å². The first-order valence-corrected chi connectivity index (χ1v) is 9.27. The van der Waals surface area contributed by atoms with Crippen LogP contribution in [0, 0.1) is 5.82 Å². The summed E-state index contributed by atoms with van der Waals surface area (Å²) in [6, 6.07) is 6.21. The number of hydrogen-bond acceptors (Lipinski definition) is 3. The van der Waals surface area contributed by atoms with Gasteiger partial charge in [0, 0.05) is 23.9 Å². The highest BCUT2D eigenvalue weighted by Gasteiger charge is 2.25. The molecule has 140 valence electrons. The number of amides is 1. The maximum absolute atomic E-state index is 13.3. The Morgan fingerprint density at radius 1 is 1.26 bits per heavy atom. The summed E-state index contributed by atoms with van der Waals surface area (Å²) in [6.07, 6.45) is 4.69. The highest BCUT2D eigenvalue weighted by atomic mass is 19.1. The number of anilines is 1. The van der Waals surface area contributed by atoms with Gasteiger partial charge in [-0.15, -0.1) is 0 Å². The molecule has 2 heterocycles. The van der Waals surface area contributed by atoms with Gasteiger partial charge in [-0.3, -0.25) is 14.6 Å². The molecule has 2 N–H and O–H groups in total. The van der Waals surface area contributed by atoms with Crippen molar-refractivity contribution >= 4 is 11.7 Å². The monoisotopic (exact) mass is 367 g/mol. The Labute approximate surface area is 156 Å². The van der Waals surface area contributed by atoms with E-state index >= 15 is 0 Å². The minimum atomic E-state index is -0.299. The third-order valence-corrected chi connectivity index (χ3v) is 5.09. The lowest BCUT2D eigenvalue weighted by atomic mass is 9.95. The normalized spacial score (nSPS) is 13.4. The number of rotatable bonds is 4. The fraction of sp³-hybridized carbons (Fsp3) is 0.350. The zero-order chi connectivity index (χ0) is 19.0. The molecule has 0 saturated heterocycles. The van der Waals surface area contributed by atoms with E-state index in [9.17, 15) is 9.18 Å². The molecule has 0 spiro atoms. The third-order valence-electron chi connectivity index (χ3n) is 5.09. The van der Waals surface area contributed by atoms with Gasteiger partial charge in [-0.2, -0.15) is 10.2 Å². The maximum Gasteiger partial charge on any atom is 0.275 e.